The van der Waals surface area contributed by atoms with Gasteiger partial charge in [0.25, 0.3) is 5.56 Å². The van der Waals surface area contributed by atoms with Gasteiger partial charge in [0.05, 0.1) is 5.69 Å². The molecule has 0 saturated carbocycles. The fourth-order valence-electron chi connectivity index (χ4n) is 3.05. The number of benzene rings is 1. The molecule has 9 heteroatoms. The van der Waals surface area contributed by atoms with E-state index in [1.807, 2.05) is 48.1 Å². The molecule has 4 rings (SSSR count). The van der Waals surface area contributed by atoms with Crippen LogP contribution in [0.25, 0.3) is 4.96 Å². The van der Waals surface area contributed by atoms with Crippen molar-refractivity contribution >= 4 is 28.1 Å². The van der Waals surface area contributed by atoms with Crippen LogP contribution in [-0.4, -0.2) is 24.1 Å². The summed E-state index contributed by atoms with van der Waals surface area (Å²) in [6.07, 6.45) is 1.51. The Morgan fingerprint density at radius 3 is 2.93 bits per heavy atom. The number of aryl methyl sites for hydroxylation is 1. The zero-order valence-electron chi connectivity index (χ0n) is 16.4. The molecule has 0 amide bonds. The lowest BCUT2D eigenvalue weighted by molar-refractivity contribution is 0.210. The molecular formula is C20H21N5O2S2. The minimum atomic E-state index is -0.233. The van der Waals surface area contributed by atoms with Crippen molar-refractivity contribution in [1.82, 2.24) is 24.1 Å². The van der Waals surface area contributed by atoms with E-state index in [1.54, 1.807) is 16.7 Å². The number of hydrogen-bond donors (Lipinski definition) is 0. The molecule has 3 aromatic heterocycles. The number of ether oxygens (including phenoxy) is 1. The topological polar surface area (TPSA) is 74.3 Å². The van der Waals surface area contributed by atoms with E-state index in [0.717, 1.165) is 34.5 Å². The molecular weight excluding hydrogens is 406 g/mol. The summed E-state index contributed by atoms with van der Waals surface area (Å²) in [5.41, 5.74) is 1.82. The third-order valence-corrected chi connectivity index (χ3v) is 6.19. The summed E-state index contributed by atoms with van der Waals surface area (Å²) in [6.45, 7) is 6.79. The Balaban J connectivity index is 1.51. The van der Waals surface area contributed by atoms with Gasteiger partial charge in [0, 0.05) is 29.9 Å². The second-order valence-corrected chi connectivity index (χ2v) is 8.41. The highest BCUT2D eigenvalue weighted by molar-refractivity contribution is 7.98. The number of rotatable bonds is 7. The predicted molar refractivity (Wildman–Crippen MR) is 115 cm³/mol. The van der Waals surface area contributed by atoms with Crippen molar-refractivity contribution in [3.05, 3.63) is 69.3 Å². The summed E-state index contributed by atoms with van der Waals surface area (Å²) in [7, 11) is 0. The summed E-state index contributed by atoms with van der Waals surface area (Å²) >= 11 is 2.97. The molecule has 29 heavy (non-hydrogen) atoms. The zero-order valence-corrected chi connectivity index (χ0v) is 18.0. The smallest absolute Gasteiger partial charge is 0.258 e. The summed E-state index contributed by atoms with van der Waals surface area (Å²) in [4.78, 5) is 17.4. The maximum atomic E-state index is 12.2. The lowest BCUT2D eigenvalue weighted by Crippen LogP contribution is -2.13. The highest BCUT2D eigenvalue weighted by atomic mass is 32.2. The van der Waals surface area contributed by atoms with Crippen molar-refractivity contribution in [2.24, 2.45) is 0 Å². The van der Waals surface area contributed by atoms with E-state index in [2.05, 4.69) is 22.1 Å². The van der Waals surface area contributed by atoms with Crippen LogP contribution in [0.15, 0.2) is 51.9 Å². The van der Waals surface area contributed by atoms with Crippen LogP contribution in [-0.2, 0) is 12.3 Å². The number of hydrogen-bond acceptors (Lipinski definition) is 7. The molecule has 0 spiro atoms. The van der Waals surface area contributed by atoms with Crippen LogP contribution in [0.2, 0.25) is 0 Å². The maximum absolute atomic E-state index is 12.2. The van der Waals surface area contributed by atoms with Gasteiger partial charge < -0.3 is 9.30 Å². The maximum Gasteiger partial charge on any atom is 0.258 e. The van der Waals surface area contributed by atoms with Crippen molar-refractivity contribution in [3.8, 4) is 5.75 Å². The van der Waals surface area contributed by atoms with Crippen LogP contribution in [0.1, 0.15) is 37.0 Å². The van der Waals surface area contributed by atoms with Gasteiger partial charge in [-0.1, -0.05) is 23.9 Å². The lowest BCUT2D eigenvalue weighted by atomic mass is 10.2. The zero-order chi connectivity index (χ0) is 20.4. The van der Waals surface area contributed by atoms with Crippen molar-refractivity contribution in [1.29, 1.82) is 0 Å². The number of fused-ring (bicyclic) bond motifs is 1. The van der Waals surface area contributed by atoms with Crippen LogP contribution < -0.4 is 10.3 Å². The lowest BCUT2D eigenvalue weighted by Gasteiger charge is -2.16. The largest absolute Gasteiger partial charge is 0.483 e. The van der Waals surface area contributed by atoms with E-state index in [4.69, 9.17) is 4.74 Å². The molecule has 1 unspecified atom stereocenters. The summed E-state index contributed by atoms with van der Waals surface area (Å²) in [5, 5.41) is 11.3. The van der Waals surface area contributed by atoms with Crippen molar-refractivity contribution < 1.29 is 4.74 Å². The van der Waals surface area contributed by atoms with Gasteiger partial charge in [0.2, 0.25) is 0 Å². The first-order valence-electron chi connectivity index (χ1n) is 9.30. The Bertz CT molecular complexity index is 1200. The van der Waals surface area contributed by atoms with Gasteiger partial charge in [-0.15, -0.1) is 21.5 Å². The molecule has 0 saturated heterocycles. The quantitative estimate of drug-likeness (QED) is 0.413. The van der Waals surface area contributed by atoms with E-state index in [9.17, 15) is 4.79 Å². The van der Waals surface area contributed by atoms with E-state index in [0.29, 0.717) is 10.7 Å². The molecule has 0 aliphatic rings. The van der Waals surface area contributed by atoms with Crippen LogP contribution in [0, 0.1) is 6.92 Å². The Morgan fingerprint density at radius 2 is 2.14 bits per heavy atom. The molecule has 150 valence electrons. The number of aromatic nitrogens is 5. The molecule has 7 nitrogen and oxygen atoms in total. The predicted octanol–water partition coefficient (Wildman–Crippen LogP) is 4.11. The van der Waals surface area contributed by atoms with E-state index >= 15 is 0 Å². The molecule has 0 radical (unpaired) electrons. The Labute approximate surface area is 176 Å². The standard InChI is InChI=1S/C20H21N5O2S2/c1-4-24-18(14(3)27-16-7-5-6-13(2)10-16)22-23-20(24)29-12-15-11-17(26)25-8-9-28-19(25)21-15/h5-11,14H,4,12H2,1-3H3. The second kappa shape index (κ2) is 8.38. The fourth-order valence-corrected chi connectivity index (χ4v) is 4.69. The highest BCUT2D eigenvalue weighted by Crippen LogP contribution is 2.26. The molecule has 1 aromatic carbocycles. The van der Waals surface area contributed by atoms with Gasteiger partial charge in [-0.25, -0.2) is 4.98 Å². The monoisotopic (exact) mass is 427 g/mol. The minimum absolute atomic E-state index is 0.0651. The second-order valence-electron chi connectivity index (χ2n) is 6.59. The first kappa shape index (κ1) is 19.7. The molecule has 0 aliphatic carbocycles. The Morgan fingerprint density at radius 1 is 1.28 bits per heavy atom. The highest BCUT2D eigenvalue weighted by Gasteiger charge is 2.19. The fraction of sp³-hybridized carbons (Fsp3) is 0.300. The Hall–Kier alpha value is -2.65. The van der Waals surface area contributed by atoms with Crippen molar-refractivity contribution in [3.63, 3.8) is 0 Å². The normalized spacial score (nSPS) is 12.4. The molecule has 0 aliphatic heterocycles. The van der Waals surface area contributed by atoms with Gasteiger partial charge in [-0.2, -0.15) is 0 Å². The average Bonchev–Trinajstić information content (AvgIpc) is 3.33. The van der Waals surface area contributed by atoms with Gasteiger partial charge in [0.1, 0.15) is 5.75 Å². The first-order valence-corrected chi connectivity index (χ1v) is 11.2. The van der Waals surface area contributed by atoms with Crippen LogP contribution >= 0.6 is 23.1 Å². The number of thiazole rings is 1. The third-order valence-electron chi connectivity index (χ3n) is 4.43. The summed E-state index contributed by atoms with van der Waals surface area (Å²) in [6, 6.07) is 9.53. The first-order chi connectivity index (χ1) is 14.0. The van der Waals surface area contributed by atoms with Gasteiger partial charge in [-0.3, -0.25) is 9.20 Å². The van der Waals surface area contributed by atoms with Crippen LogP contribution in [0.5, 0.6) is 5.75 Å². The van der Waals surface area contributed by atoms with E-state index in [-0.39, 0.29) is 11.7 Å². The van der Waals surface area contributed by atoms with Crippen molar-refractivity contribution in [2.45, 2.75) is 44.3 Å². The third kappa shape index (κ3) is 4.20. The van der Waals surface area contributed by atoms with Crippen LogP contribution in [0.3, 0.4) is 0 Å². The van der Waals surface area contributed by atoms with E-state index in [1.165, 1.54) is 23.1 Å². The molecule has 4 aromatic rings. The molecule has 0 fully saturated rings. The Kier molecular flexibility index (Phi) is 5.68. The minimum Gasteiger partial charge on any atom is -0.483 e. The van der Waals surface area contributed by atoms with Crippen molar-refractivity contribution in [2.75, 3.05) is 0 Å². The van der Waals surface area contributed by atoms with Gasteiger partial charge in [0.15, 0.2) is 22.0 Å². The van der Waals surface area contributed by atoms with Gasteiger partial charge >= 0.3 is 0 Å². The van der Waals surface area contributed by atoms with Gasteiger partial charge in [-0.05, 0) is 38.5 Å². The molecule has 0 N–H and O–H groups in total. The molecule has 1 atom stereocenters. The summed E-state index contributed by atoms with van der Waals surface area (Å²) < 4.78 is 9.66. The number of nitrogens with zero attached hydrogens (tertiary/aromatic N) is 5. The number of thioether (sulfide) groups is 1. The van der Waals surface area contributed by atoms with Crippen LogP contribution in [0.4, 0.5) is 0 Å². The molecule has 3 heterocycles. The summed E-state index contributed by atoms with van der Waals surface area (Å²) in [5.74, 6) is 2.14. The SMILES string of the molecule is CCn1c(SCc2cc(=O)n3ccsc3n2)nnc1C(C)Oc1cccc(C)c1. The van der Waals surface area contributed by atoms with E-state index < -0.39 is 0 Å². The molecule has 0 bridgehead atoms. The average molecular weight is 428 g/mol.